The van der Waals surface area contributed by atoms with Gasteiger partial charge in [0.2, 0.25) is 11.8 Å². The molecule has 1 aliphatic rings. The third-order valence-corrected chi connectivity index (χ3v) is 8.15. The van der Waals surface area contributed by atoms with Crippen molar-refractivity contribution >= 4 is 29.4 Å². The van der Waals surface area contributed by atoms with Crippen LogP contribution in [0.2, 0.25) is 0 Å². The van der Waals surface area contributed by atoms with Gasteiger partial charge in [0.25, 0.3) is 0 Å². The average molecular weight is 535 g/mol. The van der Waals surface area contributed by atoms with Gasteiger partial charge in [-0.2, -0.15) is 5.10 Å². The smallest absolute Gasteiger partial charge is 0.240 e. The number of fused-ring (bicyclic) bond motifs is 1. The molecule has 1 aromatic heterocycles. The summed E-state index contributed by atoms with van der Waals surface area (Å²) in [5.41, 5.74) is 4.69. The van der Waals surface area contributed by atoms with Crippen molar-refractivity contribution in [3.05, 3.63) is 70.9 Å². The van der Waals surface area contributed by atoms with Gasteiger partial charge >= 0.3 is 0 Å². The molecule has 2 aromatic carbocycles. The zero-order chi connectivity index (χ0) is 27.6. The second-order valence-corrected chi connectivity index (χ2v) is 11.9. The maximum atomic E-state index is 13.7. The van der Waals surface area contributed by atoms with Gasteiger partial charge in [-0.1, -0.05) is 52.0 Å². The monoisotopic (exact) mass is 534 g/mol. The zero-order valence-corrected chi connectivity index (χ0v) is 24.2. The lowest BCUT2D eigenvalue weighted by atomic mass is 9.86. The number of amides is 2. The molecule has 0 saturated carbocycles. The number of aromatic nitrogens is 2. The fraction of sp³-hybridized carbons (Fsp3) is 0.433. The van der Waals surface area contributed by atoms with Crippen LogP contribution in [0.4, 0.5) is 5.82 Å². The molecule has 2 amide bonds. The van der Waals surface area contributed by atoms with Crippen molar-refractivity contribution in [3.8, 4) is 11.4 Å². The van der Waals surface area contributed by atoms with E-state index in [0.717, 1.165) is 40.2 Å². The Bertz CT molecular complexity index is 1310. The van der Waals surface area contributed by atoms with Gasteiger partial charge in [0, 0.05) is 17.0 Å². The van der Waals surface area contributed by atoms with Gasteiger partial charge in [-0.05, 0) is 55.7 Å². The summed E-state index contributed by atoms with van der Waals surface area (Å²) in [6.07, 6.45) is 0.814. The zero-order valence-electron chi connectivity index (χ0n) is 23.4. The Morgan fingerprint density at radius 1 is 1.18 bits per heavy atom. The number of carbonyl (C=O) groups excluding carboxylic acids is 2. The standard InChI is InChI=1S/C30H38N4O3S/c1-8-20(3)31-24(35)17-33-25(36)18-38-27(23-12-10-9-11-19(23)2)26-28(30(4,5)6)32-34(29(26)33)21-13-15-22(37-7)16-14-21/h9-16,20,27H,8,17-18H2,1-7H3,(H,31,35)/t20-,27-/m1/s1. The molecule has 1 N–H and O–H groups in total. The van der Waals surface area contributed by atoms with Crippen LogP contribution in [0.5, 0.6) is 5.75 Å². The Balaban J connectivity index is 1.99. The van der Waals surface area contributed by atoms with Gasteiger partial charge < -0.3 is 10.1 Å². The summed E-state index contributed by atoms with van der Waals surface area (Å²) in [6, 6.07) is 15.9. The average Bonchev–Trinajstić information content (AvgIpc) is 3.23. The van der Waals surface area contributed by atoms with Gasteiger partial charge in [-0.3, -0.25) is 14.5 Å². The molecule has 0 unspecified atom stereocenters. The van der Waals surface area contributed by atoms with Crippen molar-refractivity contribution in [1.29, 1.82) is 0 Å². The number of ether oxygens (including phenoxy) is 1. The second-order valence-electron chi connectivity index (χ2n) is 10.9. The lowest BCUT2D eigenvalue weighted by Gasteiger charge is -2.25. The van der Waals surface area contributed by atoms with E-state index in [9.17, 15) is 9.59 Å². The summed E-state index contributed by atoms with van der Waals surface area (Å²) in [6.45, 7) is 12.4. The molecule has 4 rings (SSSR count). The van der Waals surface area contributed by atoms with Crippen LogP contribution in [0.1, 0.15) is 68.7 Å². The van der Waals surface area contributed by atoms with E-state index in [0.29, 0.717) is 5.82 Å². The highest BCUT2D eigenvalue weighted by molar-refractivity contribution is 8.00. The van der Waals surface area contributed by atoms with Crippen LogP contribution in [0.15, 0.2) is 48.5 Å². The molecule has 38 heavy (non-hydrogen) atoms. The Morgan fingerprint density at radius 2 is 1.87 bits per heavy atom. The normalized spacial score (nSPS) is 16.6. The molecule has 202 valence electrons. The fourth-order valence-corrected chi connectivity index (χ4v) is 5.96. The van der Waals surface area contributed by atoms with Crippen molar-refractivity contribution in [2.24, 2.45) is 0 Å². The van der Waals surface area contributed by atoms with Crippen LogP contribution < -0.4 is 15.0 Å². The Labute approximate surface area is 229 Å². The molecular formula is C30H38N4O3S. The molecule has 2 atom stereocenters. The first-order valence-corrected chi connectivity index (χ1v) is 14.1. The van der Waals surface area contributed by atoms with E-state index < -0.39 is 0 Å². The van der Waals surface area contributed by atoms with E-state index >= 15 is 0 Å². The maximum absolute atomic E-state index is 13.7. The predicted octanol–water partition coefficient (Wildman–Crippen LogP) is 5.57. The molecule has 8 heteroatoms. The van der Waals surface area contributed by atoms with Crippen LogP contribution in [-0.2, 0) is 15.0 Å². The molecule has 0 radical (unpaired) electrons. The molecule has 0 aliphatic carbocycles. The summed E-state index contributed by atoms with van der Waals surface area (Å²) < 4.78 is 7.21. The van der Waals surface area contributed by atoms with Crippen LogP contribution in [0, 0.1) is 6.92 Å². The molecule has 0 saturated heterocycles. The SMILES string of the molecule is CC[C@@H](C)NC(=O)CN1C(=O)CS[C@H](c2ccccc2C)c2c(C(C)(C)C)nn(-c3ccc(OC)cc3)c21. The third kappa shape index (κ3) is 5.60. The number of thioether (sulfide) groups is 1. The van der Waals surface area contributed by atoms with E-state index in [4.69, 9.17) is 9.84 Å². The number of benzene rings is 2. The molecular weight excluding hydrogens is 496 g/mol. The summed E-state index contributed by atoms with van der Waals surface area (Å²) in [5, 5.41) is 8.06. The summed E-state index contributed by atoms with van der Waals surface area (Å²) in [7, 11) is 1.63. The lowest BCUT2D eigenvalue weighted by molar-refractivity contribution is -0.123. The molecule has 3 aromatic rings. The number of methoxy groups -OCH3 is 1. The highest BCUT2D eigenvalue weighted by atomic mass is 32.2. The minimum atomic E-state index is -0.304. The molecule has 0 spiro atoms. The van der Waals surface area contributed by atoms with Crippen molar-refractivity contribution in [3.63, 3.8) is 0 Å². The largest absolute Gasteiger partial charge is 0.497 e. The van der Waals surface area contributed by atoms with Crippen LogP contribution in [-0.4, -0.2) is 47.0 Å². The number of carbonyl (C=O) groups is 2. The molecule has 2 heterocycles. The number of nitrogens with one attached hydrogen (secondary N) is 1. The fourth-order valence-electron chi connectivity index (χ4n) is 4.67. The van der Waals surface area contributed by atoms with Crippen molar-refractivity contribution in [2.45, 2.75) is 64.7 Å². The Morgan fingerprint density at radius 3 is 2.47 bits per heavy atom. The topological polar surface area (TPSA) is 76.5 Å². The highest BCUT2D eigenvalue weighted by Gasteiger charge is 2.40. The van der Waals surface area contributed by atoms with Gasteiger partial charge in [-0.25, -0.2) is 4.68 Å². The summed E-state index contributed by atoms with van der Waals surface area (Å²) in [5.74, 6) is 1.36. The first kappa shape index (κ1) is 27.8. The van der Waals surface area contributed by atoms with E-state index in [1.54, 1.807) is 23.8 Å². The first-order valence-electron chi connectivity index (χ1n) is 13.1. The van der Waals surface area contributed by atoms with Gasteiger partial charge in [-0.15, -0.1) is 11.8 Å². The van der Waals surface area contributed by atoms with Crippen molar-refractivity contribution < 1.29 is 14.3 Å². The Kier molecular flexibility index (Phi) is 8.21. The quantitative estimate of drug-likeness (QED) is 0.429. The number of rotatable bonds is 7. The molecule has 0 fully saturated rings. The second kappa shape index (κ2) is 11.2. The van der Waals surface area contributed by atoms with Crippen LogP contribution in [0.3, 0.4) is 0 Å². The molecule has 1 aliphatic heterocycles. The number of aryl methyl sites for hydroxylation is 1. The van der Waals surface area contributed by atoms with Crippen LogP contribution >= 0.6 is 11.8 Å². The lowest BCUT2D eigenvalue weighted by Crippen LogP contribution is -2.44. The van der Waals surface area contributed by atoms with Crippen molar-refractivity contribution in [2.75, 3.05) is 24.3 Å². The van der Waals surface area contributed by atoms with E-state index in [-0.39, 0.29) is 40.8 Å². The number of anilines is 1. The predicted molar refractivity (Wildman–Crippen MR) is 155 cm³/mol. The summed E-state index contributed by atoms with van der Waals surface area (Å²) in [4.78, 5) is 28.5. The molecule has 7 nitrogen and oxygen atoms in total. The van der Waals surface area contributed by atoms with Gasteiger partial charge in [0.15, 0.2) is 0 Å². The minimum absolute atomic E-state index is 0.0229. The van der Waals surface area contributed by atoms with E-state index in [1.165, 1.54) is 0 Å². The maximum Gasteiger partial charge on any atom is 0.240 e. The number of hydrogen-bond donors (Lipinski definition) is 1. The number of nitrogens with zero attached hydrogens (tertiary/aromatic N) is 3. The van der Waals surface area contributed by atoms with Crippen LogP contribution in [0.25, 0.3) is 5.69 Å². The van der Waals surface area contributed by atoms with E-state index in [1.807, 2.05) is 54.9 Å². The van der Waals surface area contributed by atoms with Gasteiger partial charge in [0.05, 0.1) is 29.5 Å². The third-order valence-electron chi connectivity index (χ3n) is 6.91. The van der Waals surface area contributed by atoms with Crippen molar-refractivity contribution in [1.82, 2.24) is 15.1 Å². The van der Waals surface area contributed by atoms with Gasteiger partial charge in [0.1, 0.15) is 18.1 Å². The first-order chi connectivity index (χ1) is 18.0. The highest BCUT2D eigenvalue weighted by Crippen LogP contribution is 2.49. The van der Waals surface area contributed by atoms with E-state index in [2.05, 4.69) is 45.1 Å². The minimum Gasteiger partial charge on any atom is -0.497 e. The number of hydrogen-bond acceptors (Lipinski definition) is 5. The molecule has 0 bridgehead atoms. The Hall–Kier alpha value is -3.26. The summed E-state index contributed by atoms with van der Waals surface area (Å²) >= 11 is 1.60.